The zero-order chi connectivity index (χ0) is 17.7. The van der Waals surface area contributed by atoms with Crippen molar-refractivity contribution >= 4 is 45.9 Å². The molecular formula is C19H27BrIN5. The van der Waals surface area contributed by atoms with Gasteiger partial charge in [-0.05, 0) is 36.5 Å². The molecule has 2 N–H and O–H groups in total. The normalized spacial score (nSPS) is 16.5. The maximum atomic E-state index is 4.36. The minimum atomic E-state index is 0. The van der Waals surface area contributed by atoms with Crippen molar-refractivity contribution in [3.8, 4) is 0 Å². The van der Waals surface area contributed by atoms with E-state index in [1.54, 1.807) is 0 Å². The summed E-state index contributed by atoms with van der Waals surface area (Å²) in [4.78, 5) is 4.36. The summed E-state index contributed by atoms with van der Waals surface area (Å²) in [6.45, 7) is 4.88. The second-order valence-electron chi connectivity index (χ2n) is 6.90. The maximum Gasteiger partial charge on any atom is 0.191 e. The first kappa shape index (κ1) is 21.2. The van der Waals surface area contributed by atoms with Crippen LogP contribution in [-0.2, 0) is 12.0 Å². The molecule has 0 bridgehead atoms. The number of hydrogen-bond donors (Lipinski definition) is 2. The number of nitrogens with zero attached hydrogens (tertiary/aromatic N) is 3. The number of hydrogen-bond acceptors (Lipinski definition) is 2. The number of aliphatic imine (C=N–C) groups is 1. The van der Waals surface area contributed by atoms with Crippen molar-refractivity contribution < 1.29 is 0 Å². The summed E-state index contributed by atoms with van der Waals surface area (Å²) in [5, 5.41) is 11.2. The largest absolute Gasteiger partial charge is 0.356 e. The van der Waals surface area contributed by atoms with Gasteiger partial charge in [0.05, 0.1) is 0 Å². The van der Waals surface area contributed by atoms with Crippen molar-refractivity contribution in [3.63, 3.8) is 0 Å². The lowest BCUT2D eigenvalue weighted by atomic mass is 9.96. The van der Waals surface area contributed by atoms with Gasteiger partial charge in [0.15, 0.2) is 5.96 Å². The first-order valence-electron chi connectivity index (χ1n) is 8.80. The van der Waals surface area contributed by atoms with E-state index in [1.807, 2.05) is 30.2 Å². The molecule has 1 saturated carbocycles. The average Bonchev–Trinajstić information content (AvgIpc) is 3.22. The molecule has 1 aliphatic rings. The van der Waals surface area contributed by atoms with Gasteiger partial charge in [0.2, 0.25) is 0 Å². The first-order chi connectivity index (χ1) is 12.1. The minimum absolute atomic E-state index is 0. The molecule has 1 heterocycles. The molecule has 1 aliphatic carbocycles. The summed E-state index contributed by atoms with van der Waals surface area (Å²) in [7, 11) is 1.82. The highest BCUT2D eigenvalue weighted by atomic mass is 127. The van der Waals surface area contributed by atoms with E-state index >= 15 is 0 Å². The number of nitrogens with one attached hydrogen (secondary N) is 2. The van der Waals surface area contributed by atoms with Crippen molar-refractivity contribution in [1.29, 1.82) is 0 Å². The number of benzene rings is 1. The summed E-state index contributed by atoms with van der Waals surface area (Å²) in [6.07, 6.45) is 6.25. The zero-order valence-electron chi connectivity index (χ0n) is 15.3. The molecule has 26 heavy (non-hydrogen) atoms. The second kappa shape index (κ2) is 9.73. The summed E-state index contributed by atoms with van der Waals surface area (Å²) in [6, 6.07) is 10.5. The molecule has 0 spiro atoms. The van der Waals surface area contributed by atoms with Crippen molar-refractivity contribution in [2.45, 2.75) is 31.7 Å². The van der Waals surface area contributed by atoms with Crippen LogP contribution < -0.4 is 10.6 Å². The Morgan fingerprint density at radius 1 is 1.31 bits per heavy atom. The number of halogens is 2. The Morgan fingerprint density at radius 3 is 2.69 bits per heavy atom. The first-order valence-corrected chi connectivity index (χ1v) is 9.59. The van der Waals surface area contributed by atoms with Crippen LogP contribution in [0, 0.1) is 5.92 Å². The highest BCUT2D eigenvalue weighted by molar-refractivity contribution is 14.0. The highest BCUT2D eigenvalue weighted by Gasteiger charge is 2.45. The van der Waals surface area contributed by atoms with E-state index in [0.717, 1.165) is 25.6 Å². The van der Waals surface area contributed by atoms with Gasteiger partial charge in [-0.1, -0.05) is 41.1 Å². The fourth-order valence-corrected chi connectivity index (χ4v) is 3.83. The minimum Gasteiger partial charge on any atom is -0.356 e. The van der Waals surface area contributed by atoms with E-state index < -0.39 is 0 Å². The SMILES string of the molecule is CN=C(NCC(C)Cn1cccn1)NCC1(c2ccccc2Br)CC1.I. The van der Waals surface area contributed by atoms with Crippen LogP contribution in [0.2, 0.25) is 0 Å². The van der Waals surface area contributed by atoms with Crippen LogP contribution in [0.4, 0.5) is 0 Å². The summed E-state index contributed by atoms with van der Waals surface area (Å²) < 4.78 is 3.17. The topological polar surface area (TPSA) is 54.2 Å². The molecule has 7 heteroatoms. The fourth-order valence-electron chi connectivity index (χ4n) is 3.12. The Bertz CT molecular complexity index is 712. The summed E-state index contributed by atoms with van der Waals surface area (Å²) >= 11 is 3.69. The number of rotatable bonds is 7. The van der Waals surface area contributed by atoms with Crippen LogP contribution in [0.25, 0.3) is 0 Å². The van der Waals surface area contributed by atoms with Crippen LogP contribution in [0.5, 0.6) is 0 Å². The van der Waals surface area contributed by atoms with Gasteiger partial charge in [-0.3, -0.25) is 9.67 Å². The van der Waals surface area contributed by atoms with E-state index in [2.05, 4.69) is 67.8 Å². The molecular weight excluding hydrogens is 505 g/mol. The molecule has 1 aromatic carbocycles. The maximum absolute atomic E-state index is 4.36. The Balaban J connectivity index is 0.00000243. The van der Waals surface area contributed by atoms with Gasteiger partial charge in [-0.25, -0.2) is 0 Å². The quantitative estimate of drug-likeness (QED) is 0.324. The van der Waals surface area contributed by atoms with E-state index in [-0.39, 0.29) is 29.4 Å². The van der Waals surface area contributed by atoms with E-state index in [0.29, 0.717) is 5.92 Å². The van der Waals surface area contributed by atoms with Crippen molar-refractivity contribution in [2.24, 2.45) is 10.9 Å². The molecule has 142 valence electrons. The van der Waals surface area contributed by atoms with Gasteiger partial charge in [-0.2, -0.15) is 5.10 Å². The molecule has 3 rings (SSSR count). The van der Waals surface area contributed by atoms with Crippen LogP contribution in [0.1, 0.15) is 25.3 Å². The average molecular weight is 532 g/mol. The smallest absolute Gasteiger partial charge is 0.191 e. The van der Waals surface area contributed by atoms with Crippen molar-refractivity contribution in [1.82, 2.24) is 20.4 Å². The van der Waals surface area contributed by atoms with Gasteiger partial charge < -0.3 is 10.6 Å². The van der Waals surface area contributed by atoms with Gasteiger partial charge >= 0.3 is 0 Å². The van der Waals surface area contributed by atoms with Crippen LogP contribution >= 0.6 is 39.9 Å². The molecule has 5 nitrogen and oxygen atoms in total. The fraction of sp³-hybridized carbons (Fsp3) is 0.474. The van der Waals surface area contributed by atoms with Gasteiger partial charge in [-0.15, -0.1) is 24.0 Å². The molecule has 1 atom stereocenters. The molecule has 1 unspecified atom stereocenters. The predicted molar refractivity (Wildman–Crippen MR) is 121 cm³/mol. The standard InChI is InChI=1S/C19H26BrN5.HI/c1-15(13-25-11-5-10-24-25)12-22-18(21-2)23-14-19(8-9-19)16-6-3-4-7-17(16)20;/h3-7,10-11,15H,8-9,12-14H2,1-2H3,(H2,21,22,23);1H. The lowest BCUT2D eigenvalue weighted by Crippen LogP contribution is -2.43. The van der Waals surface area contributed by atoms with Crippen LogP contribution in [0.3, 0.4) is 0 Å². The Hall–Kier alpha value is -1.09. The third-order valence-corrected chi connectivity index (χ3v) is 5.48. The van der Waals surface area contributed by atoms with Crippen LogP contribution in [-0.4, -0.2) is 35.9 Å². The van der Waals surface area contributed by atoms with E-state index in [4.69, 9.17) is 0 Å². The molecule has 1 fully saturated rings. The third kappa shape index (κ3) is 5.45. The molecule has 1 aromatic heterocycles. The lowest BCUT2D eigenvalue weighted by Gasteiger charge is -2.21. The number of aromatic nitrogens is 2. The van der Waals surface area contributed by atoms with Crippen LogP contribution in [0.15, 0.2) is 52.2 Å². The zero-order valence-corrected chi connectivity index (χ0v) is 19.2. The van der Waals surface area contributed by atoms with Crippen molar-refractivity contribution in [3.05, 3.63) is 52.8 Å². The number of guanidine groups is 1. The second-order valence-corrected chi connectivity index (χ2v) is 7.75. The predicted octanol–water partition coefficient (Wildman–Crippen LogP) is 3.80. The molecule has 2 aromatic rings. The van der Waals surface area contributed by atoms with Gasteiger partial charge in [0.1, 0.15) is 0 Å². The van der Waals surface area contributed by atoms with Crippen molar-refractivity contribution in [2.75, 3.05) is 20.1 Å². The van der Waals surface area contributed by atoms with E-state index in [9.17, 15) is 0 Å². The highest BCUT2D eigenvalue weighted by Crippen LogP contribution is 2.49. The Labute approximate surface area is 181 Å². The van der Waals surface area contributed by atoms with Gasteiger partial charge in [0.25, 0.3) is 0 Å². The molecule has 0 saturated heterocycles. The molecule has 0 aliphatic heterocycles. The summed E-state index contributed by atoms with van der Waals surface area (Å²) in [5.74, 6) is 1.34. The van der Waals surface area contributed by atoms with E-state index in [1.165, 1.54) is 22.9 Å². The monoisotopic (exact) mass is 531 g/mol. The lowest BCUT2D eigenvalue weighted by molar-refractivity contribution is 0.443. The Kier molecular flexibility index (Phi) is 7.94. The molecule has 0 amide bonds. The Morgan fingerprint density at radius 2 is 2.08 bits per heavy atom. The molecule has 0 radical (unpaired) electrons. The third-order valence-electron chi connectivity index (χ3n) is 4.79. The summed E-state index contributed by atoms with van der Waals surface area (Å²) in [5.41, 5.74) is 1.63. The van der Waals surface area contributed by atoms with Gasteiger partial charge in [0, 0.05) is 49.0 Å².